The average Bonchev–Trinajstić information content (AvgIpc) is 2.98. The van der Waals surface area contributed by atoms with Gasteiger partial charge in [0.05, 0.1) is 5.56 Å². The van der Waals surface area contributed by atoms with Gasteiger partial charge >= 0.3 is 0 Å². The number of nitrogens with zero attached hydrogens (tertiary/aromatic N) is 2. The van der Waals surface area contributed by atoms with E-state index in [1.54, 1.807) is 18.5 Å². The minimum absolute atomic E-state index is 0.00863. The Morgan fingerprint density at radius 1 is 1.35 bits per heavy atom. The van der Waals surface area contributed by atoms with Crippen LogP contribution in [0.3, 0.4) is 0 Å². The number of hydrogen-bond acceptors (Lipinski definition) is 4. The molecule has 1 spiro atoms. The predicted molar refractivity (Wildman–Crippen MR) is 95.3 cm³/mol. The molecule has 4 rings (SSSR count). The summed E-state index contributed by atoms with van der Waals surface area (Å²) in [6.45, 7) is 5.54. The lowest BCUT2D eigenvalue weighted by molar-refractivity contribution is -0.123. The van der Waals surface area contributed by atoms with Gasteiger partial charge in [-0.1, -0.05) is 0 Å². The van der Waals surface area contributed by atoms with Crippen molar-refractivity contribution in [2.75, 3.05) is 13.1 Å². The summed E-state index contributed by atoms with van der Waals surface area (Å²) >= 11 is 0. The van der Waals surface area contributed by atoms with Crippen molar-refractivity contribution in [2.45, 2.75) is 33.2 Å². The van der Waals surface area contributed by atoms with E-state index in [9.17, 15) is 9.59 Å². The van der Waals surface area contributed by atoms with E-state index < -0.39 is 0 Å². The zero-order valence-corrected chi connectivity index (χ0v) is 15.1. The lowest BCUT2D eigenvalue weighted by Gasteiger charge is -2.16. The standard InChI is InChI=1S/C20H23N3O3/c1-13-9-16(14(2)26-13)19(25)23-8-5-20(12-23)10-17(20)18(24)22-11-15-3-6-21-7-4-15/h3-4,6-7,9,17H,5,8,10-12H2,1-2H3,(H,22,24)/t17-,20+/m0/s1. The molecule has 2 amide bonds. The summed E-state index contributed by atoms with van der Waals surface area (Å²) in [7, 11) is 0. The van der Waals surface area contributed by atoms with Crippen LogP contribution in [0.25, 0.3) is 0 Å². The van der Waals surface area contributed by atoms with Gasteiger partial charge in [-0.05, 0) is 50.5 Å². The number of hydrogen-bond donors (Lipinski definition) is 1. The SMILES string of the molecule is Cc1cc(C(=O)N2CC[C@@]3(C[C@H]3C(=O)NCc3ccncc3)C2)c(C)o1. The number of carbonyl (C=O) groups is 2. The summed E-state index contributed by atoms with van der Waals surface area (Å²) in [4.78, 5) is 31.1. The van der Waals surface area contributed by atoms with E-state index >= 15 is 0 Å². The molecule has 1 N–H and O–H groups in total. The molecule has 0 bridgehead atoms. The van der Waals surface area contributed by atoms with Gasteiger partial charge in [-0.2, -0.15) is 0 Å². The van der Waals surface area contributed by atoms with Crippen LogP contribution in [0.5, 0.6) is 0 Å². The lowest BCUT2D eigenvalue weighted by Crippen LogP contribution is -2.31. The Bertz CT molecular complexity index is 845. The Labute approximate surface area is 152 Å². The van der Waals surface area contributed by atoms with Crippen molar-refractivity contribution in [3.63, 3.8) is 0 Å². The highest BCUT2D eigenvalue weighted by Gasteiger charge is 2.61. The van der Waals surface area contributed by atoms with Crippen molar-refractivity contribution in [3.8, 4) is 0 Å². The Kier molecular flexibility index (Phi) is 4.05. The number of nitrogens with one attached hydrogen (secondary N) is 1. The van der Waals surface area contributed by atoms with Crippen molar-refractivity contribution in [3.05, 3.63) is 53.2 Å². The highest BCUT2D eigenvalue weighted by atomic mass is 16.3. The molecule has 6 nitrogen and oxygen atoms in total. The molecule has 1 saturated carbocycles. The Hall–Kier alpha value is -2.63. The van der Waals surface area contributed by atoms with E-state index in [-0.39, 0.29) is 23.1 Å². The fraction of sp³-hybridized carbons (Fsp3) is 0.450. The maximum atomic E-state index is 12.7. The number of carbonyl (C=O) groups excluding carboxylic acids is 2. The summed E-state index contributed by atoms with van der Waals surface area (Å²) in [5.41, 5.74) is 1.64. The number of amides is 2. The van der Waals surface area contributed by atoms with Gasteiger partial charge in [0.25, 0.3) is 5.91 Å². The molecule has 26 heavy (non-hydrogen) atoms. The second kappa shape index (κ2) is 6.27. The molecular formula is C20H23N3O3. The van der Waals surface area contributed by atoms with Crippen LogP contribution in [0.4, 0.5) is 0 Å². The van der Waals surface area contributed by atoms with Crippen molar-refractivity contribution < 1.29 is 14.0 Å². The monoisotopic (exact) mass is 353 g/mol. The average molecular weight is 353 g/mol. The fourth-order valence-electron chi connectivity index (χ4n) is 4.07. The molecule has 1 aliphatic carbocycles. The van der Waals surface area contributed by atoms with Gasteiger partial charge in [0.1, 0.15) is 11.5 Å². The molecule has 0 aromatic carbocycles. The first-order valence-corrected chi connectivity index (χ1v) is 9.01. The normalized spacial score (nSPS) is 24.1. The Morgan fingerprint density at radius 2 is 2.12 bits per heavy atom. The highest BCUT2D eigenvalue weighted by Crippen LogP contribution is 2.58. The van der Waals surface area contributed by atoms with Crippen LogP contribution >= 0.6 is 0 Å². The van der Waals surface area contributed by atoms with Gasteiger partial charge in [-0.3, -0.25) is 14.6 Å². The molecule has 2 fully saturated rings. The van der Waals surface area contributed by atoms with E-state index in [4.69, 9.17) is 4.42 Å². The predicted octanol–water partition coefficient (Wildman–Crippen LogP) is 2.46. The van der Waals surface area contributed by atoms with Gasteiger partial charge in [0.2, 0.25) is 5.91 Å². The van der Waals surface area contributed by atoms with Crippen LogP contribution in [0.2, 0.25) is 0 Å². The van der Waals surface area contributed by atoms with Crippen LogP contribution in [0, 0.1) is 25.2 Å². The molecule has 3 heterocycles. The van der Waals surface area contributed by atoms with Crippen LogP contribution in [0.15, 0.2) is 35.0 Å². The van der Waals surface area contributed by atoms with Gasteiger partial charge in [0, 0.05) is 43.4 Å². The number of aromatic nitrogens is 1. The highest BCUT2D eigenvalue weighted by molar-refractivity contribution is 5.95. The molecule has 1 aliphatic heterocycles. The van der Waals surface area contributed by atoms with E-state index in [2.05, 4.69) is 10.3 Å². The van der Waals surface area contributed by atoms with Crippen molar-refractivity contribution in [1.82, 2.24) is 15.2 Å². The molecule has 2 atom stereocenters. The first-order valence-electron chi connectivity index (χ1n) is 9.01. The molecule has 1 saturated heterocycles. The topological polar surface area (TPSA) is 75.4 Å². The number of furan rings is 1. The third-order valence-corrected chi connectivity index (χ3v) is 5.67. The summed E-state index contributed by atoms with van der Waals surface area (Å²) < 4.78 is 5.48. The Morgan fingerprint density at radius 3 is 2.81 bits per heavy atom. The summed E-state index contributed by atoms with van der Waals surface area (Å²) in [6.07, 6.45) is 5.20. The molecule has 0 unspecified atom stereocenters. The van der Waals surface area contributed by atoms with Crippen LogP contribution in [0.1, 0.15) is 40.3 Å². The second-order valence-corrected chi connectivity index (χ2v) is 7.50. The fourth-order valence-corrected chi connectivity index (χ4v) is 4.07. The largest absolute Gasteiger partial charge is 0.466 e. The number of aryl methyl sites for hydroxylation is 2. The molecule has 2 aromatic rings. The van der Waals surface area contributed by atoms with Crippen molar-refractivity contribution >= 4 is 11.8 Å². The summed E-state index contributed by atoms with van der Waals surface area (Å²) in [6, 6.07) is 5.59. The zero-order valence-electron chi connectivity index (χ0n) is 15.1. The summed E-state index contributed by atoms with van der Waals surface area (Å²) in [5, 5.41) is 3.02. The maximum Gasteiger partial charge on any atom is 0.257 e. The van der Waals surface area contributed by atoms with Crippen LogP contribution in [-0.4, -0.2) is 34.8 Å². The van der Waals surface area contributed by atoms with Gasteiger partial charge in [0.15, 0.2) is 0 Å². The quantitative estimate of drug-likeness (QED) is 0.916. The molecule has 136 valence electrons. The van der Waals surface area contributed by atoms with E-state index in [0.29, 0.717) is 31.0 Å². The van der Waals surface area contributed by atoms with E-state index in [1.165, 1.54) is 0 Å². The summed E-state index contributed by atoms with van der Waals surface area (Å²) in [5.74, 6) is 1.52. The number of likely N-dealkylation sites (tertiary alicyclic amines) is 1. The zero-order chi connectivity index (χ0) is 18.3. The molecular weight excluding hydrogens is 330 g/mol. The van der Waals surface area contributed by atoms with Crippen molar-refractivity contribution in [2.24, 2.45) is 11.3 Å². The van der Waals surface area contributed by atoms with E-state index in [1.807, 2.05) is 30.9 Å². The molecule has 2 aliphatic rings. The second-order valence-electron chi connectivity index (χ2n) is 7.50. The molecule has 2 aromatic heterocycles. The van der Waals surface area contributed by atoms with Gasteiger partial charge in [-0.15, -0.1) is 0 Å². The number of pyridine rings is 1. The van der Waals surface area contributed by atoms with Crippen LogP contribution < -0.4 is 5.32 Å². The van der Waals surface area contributed by atoms with Crippen LogP contribution in [-0.2, 0) is 11.3 Å². The third kappa shape index (κ3) is 3.00. The van der Waals surface area contributed by atoms with Crippen molar-refractivity contribution in [1.29, 1.82) is 0 Å². The van der Waals surface area contributed by atoms with E-state index in [0.717, 1.165) is 24.2 Å². The van der Waals surface area contributed by atoms with Gasteiger partial charge in [-0.25, -0.2) is 0 Å². The Balaban J connectivity index is 1.35. The first-order chi connectivity index (χ1) is 12.5. The minimum Gasteiger partial charge on any atom is -0.466 e. The lowest BCUT2D eigenvalue weighted by atomic mass is 10.0. The maximum absolute atomic E-state index is 12.7. The smallest absolute Gasteiger partial charge is 0.257 e. The van der Waals surface area contributed by atoms with Gasteiger partial charge < -0.3 is 14.6 Å². The number of rotatable bonds is 4. The minimum atomic E-state index is -0.0370. The molecule has 6 heteroatoms. The first kappa shape index (κ1) is 16.8. The third-order valence-electron chi connectivity index (χ3n) is 5.67. The molecule has 0 radical (unpaired) electrons.